The summed E-state index contributed by atoms with van der Waals surface area (Å²) >= 11 is 0. The number of anilines is 1. The van der Waals surface area contributed by atoms with Crippen LogP contribution in [0.15, 0.2) is 30.3 Å². The molecule has 7 heteroatoms. The van der Waals surface area contributed by atoms with E-state index in [1.54, 1.807) is 6.07 Å². The van der Waals surface area contributed by atoms with Crippen LogP contribution in [0.25, 0.3) is 10.9 Å². The maximum atomic E-state index is 13.2. The topological polar surface area (TPSA) is 85.8 Å². The van der Waals surface area contributed by atoms with Crippen LogP contribution in [0.4, 0.5) is 5.82 Å². The maximum absolute atomic E-state index is 13.2. The van der Waals surface area contributed by atoms with E-state index >= 15 is 0 Å². The molecule has 2 fully saturated rings. The van der Waals surface area contributed by atoms with Crippen molar-refractivity contribution < 1.29 is 14.7 Å². The van der Waals surface area contributed by atoms with Crippen LogP contribution in [0, 0.1) is 11.8 Å². The average molecular weight is 439 g/mol. The fourth-order valence-electron chi connectivity index (χ4n) is 4.92. The predicted octanol–water partition coefficient (Wildman–Crippen LogP) is 3.31. The van der Waals surface area contributed by atoms with E-state index in [0.717, 1.165) is 69.5 Å². The van der Waals surface area contributed by atoms with Gasteiger partial charge in [0.25, 0.3) is 0 Å². The van der Waals surface area contributed by atoms with Crippen molar-refractivity contribution in [2.75, 3.05) is 37.6 Å². The number of hydrogen-bond donors (Lipinski definition) is 2. The third-order valence-corrected chi connectivity index (χ3v) is 6.75. The molecule has 2 aliphatic rings. The van der Waals surface area contributed by atoms with Gasteiger partial charge in [-0.2, -0.15) is 0 Å². The summed E-state index contributed by atoms with van der Waals surface area (Å²) in [5.74, 6) is 1.82. The molecule has 2 aliphatic heterocycles. The maximum Gasteiger partial charge on any atom is 0.225 e. The summed E-state index contributed by atoms with van der Waals surface area (Å²) in [4.78, 5) is 33.8. The third-order valence-electron chi connectivity index (χ3n) is 6.75. The molecule has 32 heavy (non-hydrogen) atoms. The number of rotatable bonds is 6. The van der Waals surface area contributed by atoms with Gasteiger partial charge < -0.3 is 20.2 Å². The lowest BCUT2D eigenvalue weighted by Gasteiger charge is -2.38. The highest BCUT2D eigenvalue weighted by Crippen LogP contribution is 2.29. The Balaban J connectivity index is 1.30. The number of likely N-dealkylation sites (tertiary alicyclic amines) is 1. The first-order chi connectivity index (χ1) is 15.5. The predicted molar refractivity (Wildman–Crippen MR) is 126 cm³/mol. The van der Waals surface area contributed by atoms with Gasteiger partial charge in [0.1, 0.15) is 17.1 Å². The van der Waals surface area contributed by atoms with Gasteiger partial charge in [-0.1, -0.05) is 19.1 Å². The number of carbonyl (C=O) groups is 2. The Morgan fingerprint density at radius 2 is 1.94 bits per heavy atom. The normalized spacial score (nSPS) is 19.8. The molecule has 0 aliphatic carbocycles. The Bertz CT molecular complexity index is 955. The van der Waals surface area contributed by atoms with Crippen molar-refractivity contribution in [1.29, 1.82) is 0 Å². The molecule has 4 rings (SSSR count). The van der Waals surface area contributed by atoms with Gasteiger partial charge in [0.2, 0.25) is 11.8 Å². The van der Waals surface area contributed by atoms with Gasteiger partial charge in [0, 0.05) is 50.4 Å². The highest BCUT2D eigenvalue weighted by atomic mass is 16.3. The summed E-state index contributed by atoms with van der Waals surface area (Å²) in [6, 6.07) is 9.40. The number of phenols is 1. The summed E-state index contributed by atoms with van der Waals surface area (Å²) in [6.07, 6.45) is 5.12. The zero-order valence-electron chi connectivity index (χ0n) is 18.9. The zero-order chi connectivity index (χ0) is 22.5. The fourth-order valence-corrected chi connectivity index (χ4v) is 4.92. The molecule has 7 nitrogen and oxygen atoms in total. The van der Waals surface area contributed by atoms with Gasteiger partial charge >= 0.3 is 0 Å². The van der Waals surface area contributed by atoms with E-state index in [4.69, 9.17) is 0 Å². The minimum absolute atomic E-state index is 0.0496. The average Bonchev–Trinajstić information content (AvgIpc) is 2.83. The summed E-state index contributed by atoms with van der Waals surface area (Å²) < 4.78 is 0. The molecule has 3 heterocycles. The molecule has 0 saturated carbocycles. The lowest BCUT2D eigenvalue weighted by Crippen LogP contribution is -2.48. The zero-order valence-corrected chi connectivity index (χ0v) is 18.9. The van der Waals surface area contributed by atoms with Crippen LogP contribution in [0.3, 0.4) is 0 Å². The Labute approximate surface area is 189 Å². The van der Waals surface area contributed by atoms with Crippen molar-refractivity contribution in [3.8, 4) is 5.75 Å². The molecule has 1 atom stereocenters. The first-order valence-corrected chi connectivity index (χ1v) is 11.9. The Kier molecular flexibility index (Phi) is 7.12. The highest BCUT2D eigenvalue weighted by Gasteiger charge is 2.31. The van der Waals surface area contributed by atoms with Crippen molar-refractivity contribution in [1.82, 2.24) is 15.2 Å². The first kappa shape index (κ1) is 22.4. The van der Waals surface area contributed by atoms with Crippen LogP contribution in [0.2, 0.25) is 0 Å². The van der Waals surface area contributed by atoms with Gasteiger partial charge in [0.15, 0.2) is 0 Å². The van der Waals surface area contributed by atoms with E-state index in [1.807, 2.05) is 36.1 Å². The number of nitrogens with one attached hydrogen (secondary N) is 1. The van der Waals surface area contributed by atoms with E-state index in [9.17, 15) is 14.7 Å². The van der Waals surface area contributed by atoms with Crippen molar-refractivity contribution >= 4 is 28.5 Å². The highest BCUT2D eigenvalue weighted by molar-refractivity contribution is 5.85. The third kappa shape index (κ3) is 5.14. The number of hydrogen-bond acceptors (Lipinski definition) is 5. The number of fused-ring (bicyclic) bond motifs is 1. The van der Waals surface area contributed by atoms with E-state index < -0.39 is 0 Å². The van der Waals surface area contributed by atoms with Crippen LogP contribution >= 0.6 is 0 Å². The number of benzene rings is 1. The van der Waals surface area contributed by atoms with Crippen molar-refractivity contribution in [2.45, 2.75) is 45.4 Å². The molecule has 0 radical (unpaired) electrons. The Morgan fingerprint density at radius 1 is 1.12 bits per heavy atom. The molecule has 2 saturated heterocycles. The van der Waals surface area contributed by atoms with E-state index in [1.165, 1.54) is 0 Å². The number of carbonyl (C=O) groups excluding carboxylic acids is 2. The van der Waals surface area contributed by atoms with Crippen LogP contribution in [0.1, 0.15) is 45.4 Å². The SMILES string of the molecule is CCCC(=O)NCC1CCCN(C(=O)C2CCN(c3ccc4cccc(O)c4n3)CC2)C1. The molecule has 1 aromatic heterocycles. The van der Waals surface area contributed by atoms with Crippen molar-refractivity contribution in [3.05, 3.63) is 30.3 Å². The monoisotopic (exact) mass is 438 g/mol. The van der Waals surface area contributed by atoms with Gasteiger partial charge in [-0.05, 0) is 56.2 Å². The van der Waals surface area contributed by atoms with Crippen LogP contribution < -0.4 is 10.2 Å². The molecule has 2 amide bonds. The molecular formula is C25H34N4O3. The number of para-hydroxylation sites is 1. The van der Waals surface area contributed by atoms with Crippen molar-refractivity contribution in [3.63, 3.8) is 0 Å². The largest absolute Gasteiger partial charge is 0.506 e. The molecule has 2 aromatic rings. The second kappa shape index (κ2) is 10.2. The summed E-state index contributed by atoms with van der Waals surface area (Å²) in [7, 11) is 0. The Hall–Kier alpha value is -2.83. The minimum Gasteiger partial charge on any atom is -0.506 e. The fraction of sp³-hybridized carbons (Fsp3) is 0.560. The molecule has 0 bridgehead atoms. The molecule has 1 unspecified atom stereocenters. The second-order valence-corrected chi connectivity index (χ2v) is 9.13. The lowest BCUT2D eigenvalue weighted by atomic mass is 9.92. The van der Waals surface area contributed by atoms with Crippen LogP contribution in [-0.4, -0.2) is 59.5 Å². The molecule has 1 aromatic carbocycles. The Morgan fingerprint density at radius 3 is 2.72 bits per heavy atom. The first-order valence-electron chi connectivity index (χ1n) is 11.9. The van der Waals surface area contributed by atoms with Gasteiger partial charge in [-0.3, -0.25) is 9.59 Å². The lowest BCUT2D eigenvalue weighted by molar-refractivity contribution is -0.138. The standard InChI is InChI=1S/C25H34N4O3/c1-2-5-23(31)26-16-18-6-4-13-29(17-18)25(32)20-11-14-28(15-12-20)22-10-9-19-7-3-8-21(30)24(19)27-22/h3,7-10,18,20,30H,2,4-6,11-17H2,1H3,(H,26,31). The molecule has 2 N–H and O–H groups in total. The van der Waals surface area contributed by atoms with Gasteiger partial charge in [-0.15, -0.1) is 0 Å². The number of nitrogens with zero attached hydrogens (tertiary/aromatic N) is 3. The quantitative estimate of drug-likeness (QED) is 0.723. The molecule has 0 spiro atoms. The van der Waals surface area contributed by atoms with Gasteiger partial charge in [0.05, 0.1) is 0 Å². The molecule has 172 valence electrons. The summed E-state index contributed by atoms with van der Waals surface area (Å²) in [6.45, 7) is 5.81. The smallest absolute Gasteiger partial charge is 0.225 e. The number of phenolic OH excluding ortho intramolecular Hbond substituents is 1. The number of aromatic nitrogens is 1. The second-order valence-electron chi connectivity index (χ2n) is 9.13. The minimum atomic E-state index is 0.0496. The number of aromatic hydroxyl groups is 1. The van der Waals surface area contributed by atoms with Gasteiger partial charge in [-0.25, -0.2) is 4.98 Å². The number of piperidine rings is 2. The van der Waals surface area contributed by atoms with E-state index in [-0.39, 0.29) is 23.5 Å². The number of amides is 2. The number of pyridine rings is 1. The van der Waals surface area contributed by atoms with Crippen molar-refractivity contribution in [2.24, 2.45) is 11.8 Å². The van der Waals surface area contributed by atoms with E-state index in [2.05, 4.69) is 15.2 Å². The molecular weight excluding hydrogens is 404 g/mol. The van der Waals surface area contributed by atoms with E-state index in [0.29, 0.717) is 24.4 Å². The summed E-state index contributed by atoms with van der Waals surface area (Å²) in [5, 5.41) is 14.1. The summed E-state index contributed by atoms with van der Waals surface area (Å²) in [5.41, 5.74) is 0.619. The van der Waals surface area contributed by atoms with Crippen LogP contribution in [0.5, 0.6) is 5.75 Å². The van der Waals surface area contributed by atoms with Crippen LogP contribution in [-0.2, 0) is 9.59 Å².